The van der Waals surface area contributed by atoms with Crippen LogP contribution in [0.25, 0.3) is 0 Å². The number of aromatic nitrogens is 2. The van der Waals surface area contributed by atoms with Crippen LogP contribution in [-0.4, -0.2) is 33.3 Å². The monoisotopic (exact) mass is 296 g/mol. The van der Waals surface area contributed by atoms with E-state index < -0.39 is 11.4 Å². The number of fused-ring (bicyclic) bond motifs is 1. The molecule has 0 radical (unpaired) electrons. The van der Waals surface area contributed by atoms with Crippen LogP contribution in [0.5, 0.6) is 0 Å². The van der Waals surface area contributed by atoms with Crippen molar-refractivity contribution < 1.29 is 4.79 Å². The van der Waals surface area contributed by atoms with Gasteiger partial charge in [0.05, 0.1) is 0 Å². The van der Waals surface area contributed by atoms with E-state index in [0.29, 0.717) is 18.2 Å². The van der Waals surface area contributed by atoms with Gasteiger partial charge in [-0.2, -0.15) is 0 Å². The molecule has 0 bridgehead atoms. The molecule has 110 valence electrons. The molecule has 0 aromatic carbocycles. The SMILES string of the molecule is CCC(N)(CC)CNC(=O)c1cnc2n(c1=O)CCS2. The van der Waals surface area contributed by atoms with Gasteiger partial charge < -0.3 is 11.1 Å². The molecule has 0 saturated carbocycles. The summed E-state index contributed by atoms with van der Waals surface area (Å²) >= 11 is 1.53. The fourth-order valence-corrected chi connectivity index (χ4v) is 2.94. The van der Waals surface area contributed by atoms with E-state index in [9.17, 15) is 9.59 Å². The largest absolute Gasteiger partial charge is 0.350 e. The summed E-state index contributed by atoms with van der Waals surface area (Å²) < 4.78 is 1.55. The van der Waals surface area contributed by atoms with Crippen molar-refractivity contribution in [3.05, 3.63) is 22.1 Å². The van der Waals surface area contributed by atoms with Gasteiger partial charge in [-0.1, -0.05) is 25.6 Å². The Hall–Kier alpha value is -1.34. The Bertz CT molecular complexity index is 566. The summed E-state index contributed by atoms with van der Waals surface area (Å²) in [6.07, 6.45) is 2.89. The normalized spacial score (nSPS) is 14.2. The first-order chi connectivity index (χ1) is 9.50. The summed E-state index contributed by atoms with van der Waals surface area (Å²) in [7, 11) is 0. The molecular weight excluding hydrogens is 276 g/mol. The maximum Gasteiger partial charge on any atom is 0.267 e. The molecule has 1 aliphatic rings. The minimum Gasteiger partial charge on any atom is -0.350 e. The van der Waals surface area contributed by atoms with Crippen LogP contribution in [-0.2, 0) is 6.54 Å². The second-order valence-electron chi connectivity index (χ2n) is 5.01. The Morgan fingerprint density at radius 2 is 2.25 bits per heavy atom. The third-order valence-electron chi connectivity index (χ3n) is 3.81. The molecule has 1 aromatic rings. The fraction of sp³-hybridized carbons (Fsp3) is 0.615. The number of nitrogens with one attached hydrogen (secondary N) is 1. The number of carbonyl (C=O) groups is 1. The lowest BCUT2D eigenvalue weighted by Crippen LogP contribution is -2.50. The van der Waals surface area contributed by atoms with E-state index in [2.05, 4.69) is 10.3 Å². The van der Waals surface area contributed by atoms with Crippen molar-refractivity contribution in [2.24, 2.45) is 5.73 Å². The second-order valence-corrected chi connectivity index (χ2v) is 6.07. The van der Waals surface area contributed by atoms with E-state index in [0.717, 1.165) is 18.6 Å². The molecule has 3 N–H and O–H groups in total. The number of nitrogens with zero attached hydrogens (tertiary/aromatic N) is 2. The first-order valence-electron chi connectivity index (χ1n) is 6.80. The van der Waals surface area contributed by atoms with Crippen LogP contribution in [0, 0.1) is 0 Å². The van der Waals surface area contributed by atoms with Gasteiger partial charge in [-0.15, -0.1) is 0 Å². The van der Waals surface area contributed by atoms with Gasteiger partial charge in [0.15, 0.2) is 5.16 Å². The van der Waals surface area contributed by atoms with Gasteiger partial charge in [0.2, 0.25) is 0 Å². The maximum atomic E-state index is 12.2. The molecule has 6 nitrogen and oxygen atoms in total. The van der Waals surface area contributed by atoms with Gasteiger partial charge in [0, 0.05) is 30.6 Å². The zero-order chi connectivity index (χ0) is 14.8. The molecule has 0 unspecified atom stereocenters. The second kappa shape index (κ2) is 5.97. The Balaban J connectivity index is 2.13. The smallest absolute Gasteiger partial charge is 0.267 e. The molecule has 1 aliphatic heterocycles. The predicted octanol–water partition coefficient (Wildman–Crippen LogP) is 0.596. The number of carbonyl (C=O) groups excluding carboxylic acids is 1. The number of hydrogen-bond donors (Lipinski definition) is 2. The van der Waals surface area contributed by atoms with Gasteiger partial charge >= 0.3 is 0 Å². The first-order valence-corrected chi connectivity index (χ1v) is 7.79. The number of hydrogen-bond acceptors (Lipinski definition) is 5. The topological polar surface area (TPSA) is 90.0 Å². The molecule has 2 heterocycles. The Labute approximate surface area is 122 Å². The van der Waals surface area contributed by atoms with Crippen molar-refractivity contribution in [3.8, 4) is 0 Å². The van der Waals surface area contributed by atoms with Gasteiger partial charge in [-0.25, -0.2) is 4.98 Å². The molecule has 0 aliphatic carbocycles. The van der Waals surface area contributed by atoms with Crippen LogP contribution in [0.3, 0.4) is 0 Å². The summed E-state index contributed by atoms with van der Waals surface area (Å²) in [5, 5.41) is 3.43. The van der Waals surface area contributed by atoms with E-state index in [1.54, 1.807) is 4.57 Å². The molecular formula is C13H20N4O2S. The van der Waals surface area contributed by atoms with Crippen LogP contribution < -0.4 is 16.6 Å². The summed E-state index contributed by atoms with van der Waals surface area (Å²) in [4.78, 5) is 28.5. The zero-order valence-corrected chi connectivity index (χ0v) is 12.6. The lowest BCUT2D eigenvalue weighted by Gasteiger charge is -2.26. The highest BCUT2D eigenvalue weighted by atomic mass is 32.2. The van der Waals surface area contributed by atoms with Crippen molar-refractivity contribution in [1.82, 2.24) is 14.9 Å². The third kappa shape index (κ3) is 2.88. The molecule has 1 aromatic heterocycles. The van der Waals surface area contributed by atoms with Crippen molar-refractivity contribution in [1.29, 1.82) is 0 Å². The van der Waals surface area contributed by atoms with E-state index in [1.807, 2.05) is 13.8 Å². The molecule has 0 spiro atoms. The highest BCUT2D eigenvalue weighted by molar-refractivity contribution is 7.99. The summed E-state index contributed by atoms with van der Waals surface area (Å²) in [6, 6.07) is 0. The minimum absolute atomic E-state index is 0.0887. The molecule has 0 fully saturated rings. The Morgan fingerprint density at radius 3 is 2.90 bits per heavy atom. The quantitative estimate of drug-likeness (QED) is 0.776. The van der Waals surface area contributed by atoms with E-state index in [-0.39, 0.29) is 11.1 Å². The summed E-state index contributed by atoms with van der Waals surface area (Å²) in [5.74, 6) is 0.427. The maximum absolute atomic E-state index is 12.2. The van der Waals surface area contributed by atoms with Gasteiger partial charge in [-0.05, 0) is 12.8 Å². The number of nitrogens with two attached hydrogens (primary N) is 1. The summed E-state index contributed by atoms with van der Waals surface area (Å²) in [5.41, 5.74) is 5.53. The highest BCUT2D eigenvalue weighted by Gasteiger charge is 2.24. The van der Waals surface area contributed by atoms with Crippen molar-refractivity contribution in [3.63, 3.8) is 0 Å². The molecule has 0 saturated heterocycles. The Morgan fingerprint density at radius 1 is 1.55 bits per heavy atom. The summed E-state index contributed by atoms with van der Waals surface area (Å²) in [6.45, 7) is 4.93. The van der Waals surface area contributed by atoms with Gasteiger partial charge in [-0.3, -0.25) is 14.2 Å². The molecule has 1 amide bonds. The van der Waals surface area contributed by atoms with Crippen LogP contribution in [0.2, 0.25) is 0 Å². The van der Waals surface area contributed by atoms with Crippen LogP contribution >= 0.6 is 11.8 Å². The number of amides is 1. The highest BCUT2D eigenvalue weighted by Crippen LogP contribution is 2.20. The van der Waals surface area contributed by atoms with E-state index >= 15 is 0 Å². The minimum atomic E-state index is -0.425. The van der Waals surface area contributed by atoms with E-state index in [4.69, 9.17) is 5.73 Å². The van der Waals surface area contributed by atoms with Crippen LogP contribution in [0.4, 0.5) is 0 Å². The lowest BCUT2D eigenvalue weighted by atomic mass is 9.94. The standard InChI is InChI=1S/C13H20N4O2S/c1-3-13(14,4-2)8-16-10(18)9-7-15-12-17(11(9)19)5-6-20-12/h7H,3-6,8,14H2,1-2H3,(H,16,18). The average molecular weight is 296 g/mol. The molecule has 20 heavy (non-hydrogen) atoms. The molecule has 2 rings (SSSR count). The predicted molar refractivity (Wildman–Crippen MR) is 79.1 cm³/mol. The fourth-order valence-electron chi connectivity index (χ4n) is 2.02. The zero-order valence-electron chi connectivity index (χ0n) is 11.8. The molecule has 0 atom stereocenters. The van der Waals surface area contributed by atoms with E-state index in [1.165, 1.54) is 18.0 Å². The van der Waals surface area contributed by atoms with Crippen LogP contribution in [0.15, 0.2) is 16.1 Å². The van der Waals surface area contributed by atoms with Gasteiger partial charge in [0.25, 0.3) is 11.5 Å². The van der Waals surface area contributed by atoms with Crippen molar-refractivity contribution in [2.45, 2.75) is 43.9 Å². The van der Waals surface area contributed by atoms with Gasteiger partial charge in [0.1, 0.15) is 5.56 Å². The average Bonchev–Trinajstić information content (AvgIpc) is 2.94. The third-order valence-corrected chi connectivity index (χ3v) is 4.78. The molecule has 7 heteroatoms. The van der Waals surface area contributed by atoms with Crippen molar-refractivity contribution in [2.75, 3.05) is 12.3 Å². The van der Waals surface area contributed by atoms with Crippen LogP contribution in [0.1, 0.15) is 37.0 Å². The number of thioether (sulfide) groups is 1. The lowest BCUT2D eigenvalue weighted by molar-refractivity contribution is 0.0939. The number of rotatable bonds is 5. The Kier molecular flexibility index (Phi) is 4.49. The first kappa shape index (κ1) is 15.1. The van der Waals surface area contributed by atoms with Crippen molar-refractivity contribution >= 4 is 17.7 Å².